The highest BCUT2D eigenvalue weighted by atomic mass is 19.4. The van der Waals surface area contributed by atoms with Crippen LogP contribution in [0.25, 0.3) is 16.9 Å². The fourth-order valence-corrected chi connectivity index (χ4v) is 3.03. The molecule has 0 bridgehead atoms. The molecule has 8 heteroatoms. The molecule has 5 nitrogen and oxygen atoms in total. The first kappa shape index (κ1) is 16.8. The van der Waals surface area contributed by atoms with Gasteiger partial charge < -0.3 is 10.1 Å². The van der Waals surface area contributed by atoms with Gasteiger partial charge in [-0.1, -0.05) is 12.1 Å². The fraction of sp³-hybridized carbons (Fsp3) is 0.333. The first-order chi connectivity index (χ1) is 12.5. The quantitative estimate of drug-likeness (QED) is 0.765. The van der Waals surface area contributed by atoms with Crippen LogP contribution in [0.4, 0.5) is 19.0 Å². The number of imidazole rings is 1. The smallest absolute Gasteiger partial charge is 0.381 e. The van der Waals surface area contributed by atoms with E-state index in [1.54, 1.807) is 10.7 Å². The molecule has 1 aromatic carbocycles. The van der Waals surface area contributed by atoms with Gasteiger partial charge >= 0.3 is 6.18 Å². The molecular weight excluding hydrogens is 345 g/mol. The Morgan fingerprint density at radius 3 is 2.46 bits per heavy atom. The average Bonchev–Trinajstić information content (AvgIpc) is 3.05. The number of nitrogens with one attached hydrogen (secondary N) is 1. The van der Waals surface area contributed by atoms with Crippen molar-refractivity contribution in [3.8, 4) is 11.3 Å². The van der Waals surface area contributed by atoms with Gasteiger partial charge in [0, 0.05) is 24.8 Å². The molecule has 1 aliphatic heterocycles. The highest BCUT2D eigenvalue weighted by Gasteiger charge is 2.30. The van der Waals surface area contributed by atoms with Gasteiger partial charge in [0.25, 0.3) is 0 Å². The van der Waals surface area contributed by atoms with Crippen LogP contribution in [0, 0.1) is 0 Å². The molecule has 26 heavy (non-hydrogen) atoms. The van der Waals surface area contributed by atoms with Crippen LogP contribution in [0.5, 0.6) is 0 Å². The zero-order valence-electron chi connectivity index (χ0n) is 13.8. The molecule has 4 rings (SSSR count). The molecule has 1 aliphatic rings. The topological polar surface area (TPSA) is 51.5 Å². The summed E-state index contributed by atoms with van der Waals surface area (Å²) in [5, 5.41) is 7.94. The molecule has 0 saturated carbocycles. The number of alkyl halides is 3. The number of ether oxygens (including phenoxy) is 1. The summed E-state index contributed by atoms with van der Waals surface area (Å²) in [4.78, 5) is 4.28. The maximum absolute atomic E-state index is 12.7. The summed E-state index contributed by atoms with van der Waals surface area (Å²) < 4.78 is 45.2. The van der Waals surface area contributed by atoms with Crippen molar-refractivity contribution in [2.75, 3.05) is 18.5 Å². The van der Waals surface area contributed by atoms with E-state index in [1.165, 1.54) is 12.1 Å². The molecule has 0 spiro atoms. The first-order valence-electron chi connectivity index (χ1n) is 8.37. The van der Waals surface area contributed by atoms with Crippen molar-refractivity contribution in [3.63, 3.8) is 0 Å². The molecule has 1 N–H and O–H groups in total. The van der Waals surface area contributed by atoms with Crippen molar-refractivity contribution in [1.82, 2.24) is 14.6 Å². The van der Waals surface area contributed by atoms with E-state index in [-0.39, 0.29) is 0 Å². The van der Waals surface area contributed by atoms with Gasteiger partial charge in [-0.2, -0.15) is 13.2 Å². The van der Waals surface area contributed by atoms with Gasteiger partial charge in [-0.15, -0.1) is 5.10 Å². The van der Waals surface area contributed by atoms with Gasteiger partial charge in [-0.25, -0.2) is 9.50 Å². The third-order valence-corrected chi connectivity index (χ3v) is 4.44. The molecule has 0 atom stereocenters. The Kier molecular flexibility index (Phi) is 4.28. The molecule has 1 saturated heterocycles. The number of nitrogens with zero attached hydrogens (tertiary/aromatic N) is 3. The molecule has 1 fully saturated rings. The van der Waals surface area contributed by atoms with Crippen LogP contribution < -0.4 is 5.32 Å². The maximum Gasteiger partial charge on any atom is 0.416 e. The standard InChI is InChI=1S/C18H17F3N4O/c19-18(20,21)13-3-1-12(2-4-13)15-11-22-17-6-5-16(24-25(15)17)23-14-7-9-26-10-8-14/h1-6,11,14H,7-10H2,(H,23,24). The van der Waals surface area contributed by atoms with Gasteiger partial charge in [0.1, 0.15) is 5.82 Å². The summed E-state index contributed by atoms with van der Waals surface area (Å²) >= 11 is 0. The second-order valence-electron chi connectivity index (χ2n) is 6.24. The number of aromatic nitrogens is 3. The number of hydrogen-bond donors (Lipinski definition) is 1. The summed E-state index contributed by atoms with van der Waals surface area (Å²) in [5.41, 5.74) is 1.23. The van der Waals surface area contributed by atoms with Gasteiger partial charge in [0.15, 0.2) is 5.65 Å². The number of hydrogen-bond acceptors (Lipinski definition) is 4. The molecule has 0 radical (unpaired) electrons. The van der Waals surface area contributed by atoms with Crippen molar-refractivity contribution in [1.29, 1.82) is 0 Å². The SMILES string of the molecule is FC(F)(F)c1ccc(-c2cnc3ccc(NC4CCOCC4)nn23)cc1. The van der Waals surface area contributed by atoms with Crippen LogP contribution in [-0.2, 0) is 10.9 Å². The number of benzene rings is 1. The molecule has 3 aromatic rings. The number of halogens is 3. The lowest BCUT2D eigenvalue weighted by Gasteiger charge is -2.23. The summed E-state index contributed by atoms with van der Waals surface area (Å²) in [5.74, 6) is 0.704. The Bertz CT molecular complexity index is 899. The molecule has 3 heterocycles. The zero-order chi connectivity index (χ0) is 18.1. The van der Waals surface area contributed by atoms with Crippen molar-refractivity contribution in [2.24, 2.45) is 0 Å². The third kappa shape index (κ3) is 3.37. The van der Waals surface area contributed by atoms with Crippen LogP contribution in [-0.4, -0.2) is 33.9 Å². The molecule has 136 valence electrons. The predicted molar refractivity (Wildman–Crippen MR) is 90.9 cm³/mol. The van der Waals surface area contributed by atoms with E-state index in [4.69, 9.17) is 4.74 Å². The monoisotopic (exact) mass is 362 g/mol. The largest absolute Gasteiger partial charge is 0.416 e. The average molecular weight is 362 g/mol. The lowest BCUT2D eigenvalue weighted by Crippen LogP contribution is -2.28. The molecule has 0 aliphatic carbocycles. The van der Waals surface area contributed by atoms with E-state index in [0.717, 1.165) is 38.2 Å². The Morgan fingerprint density at radius 1 is 1.04 bits per heavy atom. The van der Waals surface area contributed by atoms with Gasteiger partial charge in [-0.3, -0.25) is 0 Å². The van der Waals surface area contributed by atoms with E-state index in [1.807, 2.05) is 12.1 Å². The van der Waals surface area contributed by atoms with Crippen LogP contribution >= 0.6 is 0 Å². The minimum atomic E-state index is -4.35. The highest BCUT2D eigenvalue weighted by molar-refractivity contribution is 5.64. The first-order valence-corrected chi connectivity index (χ1v) is 8.37. The normalized spacial score (nSPS) is 16.1. The van der Waals surface area contributed by atoms with Crippen molar-refractivity contribution in [2.45, 2.75) is 25.1 Å². The Hall–Kier alpha value is -2.61. The lowest BCUT2D eigenvalue weighted by molar-refractivity contribution is -0.137. The fourth-order valence-electron chi connectivity index (χ4n) is 3.03. The maximum atomic E-state index is 12.7. The summed E-state index contributed by atoms with van der Waals surface area (Å²) in [6, 6.07) is 9.00. The van der Waals surface area contributed by atoms with E-state index >= 15 is 0 Å². The summed E-state index contributed by atoms with van der Waals surface area (Å²) in [6.45, 7) is 1.45. The van der Waals surface area contributed by atoms with E-state index in [9.17, 15) is 13.2 Å². The molecule has 0 amide bonds. The Balaban J connectivity index is 1.64. The van der Waals surface area contributed by atoms with Crippen LogP contribution in [0.15, 0.2) is 42.6 Å². The lowest BCUT2D eigenvalue weighted by atomic mass is 10.1. The van der Waals surface area contributed by atoms with Crippen LogP contribution in [0.2, 0.25) is 0 Å². The zero-order valence-corrected chi connectivity index (χ0v) is 13.8. The van der Waals surface area contributed by atoms with Gasteiger partial charge in [0.05, 0.1) is 17.5 Å². The number of fused-ring (bicyclic) bond motifs is 1. The van der Waals surface area contributed by atoms with Gasteiger partial charge in [0.2, 0.25) is 0 Å². The van der Waals surface area contributed by atoms with Crippen molar-refractivity contribution >= 4 is 11.5 Å². The number of anilines is 1. The van der Waals surface area contributed by atoms with E-state index < -0.39 is 11.7 Å². The second kappa shape index (κ2) is 6.60. The van der Waals surface area contributed by atoms with Gasteiger partial charge in [-0.05, 0) is 37.1 Å². The molecular formula is C18H17F3N4O. The Labute approximate surface area is 147 Å². The summed E-state index contributed by atoms with van der Waals surface area (Å²) in [6.07, 6.45) is -0.912. The summed E-state index contributed by atoms with van der Waals surface area (Å²) in [7, 11) is 0. The number of rotatable bonds is 3. The van der Waals surface area contributed by atoms with Crippen molar-refractivity contribution in [3.05, 3.63) is 48.2 Å². The van der Waals surface area contributed by atoms with E-state index in [2.05, 4.69) is 15.4 Å². The van der Waals surface area contributed by atoms with Crippen LogP contribution in [0.3, 0.4) is 0 Å². The molecule has 2 aromatic heterocycles. The molecule has 0 unspecified atom stereocenters. The van der Waals surface area contributed by atoms with Crippen LogP contribution in [0.1, 0.15) is 18.4 Å². The van der Waals surface area contributed by atoms with Crippen molar-refractivity contribution < 1.29 is 17.9 Å². The van der Waals surface area contributed by atoms with E-state index in [0.29, 0.717) is 28.8 Å². The minimum absolute atomic E-state index is 0.298. The predicted octanol–water partition coefficient (Wildman–Crippen LogP) is 4.01. The third-order valence-electron chi connectivity index (χ3n) is 4.44. The Morgan fingerprint density at radius 2 is 1.77 bits per heavy atom. The minimum Gasteiger partial charge on any atom is -0.381 e. The highest BCUT2D eigenvalue weighted by Crippen LogP contribution is 2.31. The second-order valence-corrected chi connectivity index (χ2v) is 6.24.